The summed E-state index contributed by atoms with van der Waals surface area (Å²) in [6, 6.07) is -0.610. The molecule has 0 rings (SSSR count). The lowest BCUT2D eigenvalue weighted by molar-refractivity contribution is -0.122. The molecule has 0 aromatic heterocycles. The Hall–Kier alpha value is -0.870. The third-order valence-electron chi connectivity index (χ3n) is 5.49. The van der Waals surface area contributed by atoms with Gasteiger partial charge in [-0.25, -0.2) is 0 Å². The predicted molar refractivity (Wildman–Crippen MR) is 124 cm³/mol. The SMILES string of the molecule is CCCCCCCCCCCCCCCC/C=C/C(O)C(CO)NC(=O)CCC. The quantitative estimate of drug-likeness (QED) is 0.159. The van der Waals surface area contributed by atoms with E-state index in [4.69, 9.17) is 0 Å². The first-order valence-electron chi connectivity index (χ1n) is 12.4. The summed E-state index contributed by atoms with van der Waals surface area (Å²) in [5.74, 6) is -0.119. The smallest absolute Gasteiger partial charge is 0.220 e. The number of allylic oxidation sites excluding steroid dienone is 1. The van der Waals surface area contributed by atoms with Gasteiger partial charge in [0, 0.05) is 6.42 Å². The van der Waals surface area contributed by atoms with Crippen molar-refractivity contribution >= 4 is 5.91 Å². The lowest BCUT2D eigenvalue weighted by Crippen LogP contribution is -2.45. The maximum atomic E-state index is 11.6. The molecule has 0 aromatic rings. The number of unbranched alkanes of at least 4 members (excludes halogenated alkanes) is 14. The molecule has 0 radical (unpaired) electrons. The normalized spacial score (nSPS) is 13.7. The number of aliphatic hydroxyl groups excluding tert-OH is 2. The predicted octanol–water partition coefficient (Wildman–Crippen LogP) is 6.05. The van der Waals surface area contributed by atoms with E-state index in [2.05, 4.69) is 12.2 Å². The summed E-state index contributed by atoms with van der Waals surface area (Å²) in [5, 5.41) is 22.1. The summed E-state index contributed by atoms with van der Waals surface area (Å²) in [7, 11) is 0. The van der Waals surface area contributed by atoms with Crippen LogP contribution in [0.1, 0.15) is 123 Å². The Labute approximate surface area is 180 Å². The van der Waals surface area contributed by atoms with E-state index >= 15 is 0 Å². The van der Waals surface area contributed by atoms with E-state index in [1.165, 1.54) is 83.5 Å². The number of rotatable bonds is 21. The van der Waals surface area contributed by atoms with Crippen LogP contribution in [0, 0.1) is 0 Å². The Balaban J connectivity index is 3.49. The Morgan fingerprint density at radius 3 is 1.72 bits per heavy atom. The van der Waals surface area contributed by atoms with Crippen molar-refractivity contribution < 1.29 is 15.0 Å². The van der Waals surface area contributed by atoms with Gasteiger partial charge < -0.3 is 15.5 Å². The van der Waals surface area contributed by atoms with Crippen LogP contribution in [0.2, 0.25) is 0 Å². The molecule has 2 unspecified atom stereocenters. The molecule has 4 nitrogen and oxygen atoms in total. The van der Waals surface area contributed by atoms with E-state index in [-0.39, 0.29) is 12.5 Å². The van der Waals surface area contributed by atoms with Crippen LogP contribution in [0.4, 0.5) is 0 Å². The maximum absolute atomic E-state index is 11.6. The topological polar surface area (TPSA) is 69.6 Å². The summed E-state index contributed by atoms with van der Waals surface area (Å²) in [6.07, 6.45) is 23.9. The largest absolute Gasteiger partial charge is 0.394 e. The Morgan fingerprint density at radius 1 is 0.793 bits per heavy atom. The van der Waals surface area contributed by atoms with Crippen molar-refractivity contribution in [1.29, 1.82) is 0 Å². The van der Waals surface area contributed by atoms with Crippen molar-refractivity contribution in [3.05, 3.63) is 12.2 Å². The zero-order valence-electron chi connectivity index (χ0n) is 19.3. The fourth-order valence-corrected chi connectivity index (χ4v) is 3.57. The first-order valence-corrected chi connectivity index (χ1v) is 12.4. The first-order chi connectivity index (χ1) is 14.2. The Morgan fingerprint density at radius 2 is 1.28 bits per heavy atom. The van der Waals surface area contributed by atoms with Gasteiger partial charge in [0.2, 0.25) is 5.91 Å². The van der Waals surface area contributed by atoms with Gasteiger partial charge in [0.05, 0.1) is 18.8 Å². The van der Waals surface area contributed by atoms with Crippen molar-refractivity contribution in [1.82, 2.24) is 5.32 Å². The molecule has 172 valence electrons. The number of carbonyl (C=O) groups is 1. The molecule has 0 aliphatic carbocycles. The number of nitrogens with one attached hydrogen (secondary N) is 1. The van der Waals surface area contributed by atoms with Crippen molar-refractivity contribution in [2.24, 2.45) is 0 Å². The third-order valence-corrected chi connectivity index (χ3v) is 5.49. The number of hydrogen-bond donors (Lipinski definition) is 3. The third kappa shape index (κ3) is 18.9. The lowest BCUT2D eigenvalue weighted by Gasteiger charge is -2.19. The second kappa shape index (κ2) is 21.8. The molecule has 0 saturated carbocycles. The molecular weight excluding hydrogens is 362 g/mol. The van der Waals surface area contributed by atoms with Gasteiger partial charge in [-0.3, -0.25) is 4.79 Å². The van der Waals surface area contributed by atoms with Crippen molar-refractivity contribution in [3.63, 3.8) is 0 Å². The zero-order valence-corrected chi connectivity index (χ0v) is 19.3. The highest BCUT2D eigenvalue weighted by molar-refractivity contribution is 5.76. The highest BCUT2D eigenvalue weighted by Gasteiger charge is 2.17. The van der Waals surface area contributed by atoms with Gasteiger partial charge in [-0.15, -0.1) is 0 Å². The number of aliphatic hydroxyl groups is 2. The summed E-state index contributed by atoms with van der Waals surface area (Å²) >= 11 is 0. The molecule has 29 heavy (non-hydrogen) atoms. The molecule has 3 N–H and O–H groups in total. The number of amides is 1. The molecule has 0 aliphatic heterocycles. The van der Waals surface area contributed by atoms with Gasteiger partial charge >= 0.3 is 0 Å². The first kappa shape index (κ1) is 28.1. The molecular formula is C25H49NO3. The Bertz CT molecular complexity index is 384. The fourth-order valence-electron chi connectivity index (χ4n) is 3.57. The molecule has 0 spiro atoms. The summed E-state index contributed by atoms with van der Waals surface area (Å²) < 4.78 is 0. The van der Waals surface area contributed by atoms with Crippen LogP contribution in [0.25, 0.3) is 0 Å². The number of carbonyl (C=O) groups excluding carboxylic acids is 1. The van der Waals surface area contributed by atoms with Crippen molar-refractivity contribution in [2.45, 2.75) is 135 Å². The highest BCUT2D eigenvalue weighted by atomic mass is 16.3. The van der Waals surface area contributed by atoms with Crippen LogP contribution in [-0.4, -0.2) is 34.9 Å². The molecule has 0 bridgehead atoms. The van der Waals surface area contributed by atoms with Crippen molar-refractivity contribution in [3.8, 4) is 0 Å². The number of hydrogen-bond acceptors (Lipinski definition) is 3. The minimum Gasteiger partial charge on any atom is -0.394 e. The standard InChI is InChI=1S/C25H49NO3/c1-3-5-6-7-8-9-10-11-12-13-14-15-16-17-18-19-21-24(28)23(22-27)26-25(29)20-4-2/h19,21,23-24,27-28H,3-18,20,22H2,1-2H3,(H,26,29)/b21-19+. The minimum absolute atomic E-state index is 0.119. The summed E-state index contributed by atoms with van der Waals surface area (Å²) in [5.41, 5.74) is 0. The average Bonchev–Trinajstić information content (AvgIpc) is 2.71. The van der Waals surface area contributed by atoms with Gasteiger partial charge in [-0.2, -0.15) is 0 Å². The van der Waals surface area contributed by atoms with Crippen LogP contribution in [0.3, 0.4) is 0 Å². The summed E-state index contributed by atoms with van der Waals surface area (Å²) in [4.78, 5) is 11.6. The molecule has 0 saturated heterocycles. The Kier molecular flexibility index (Phi) is 21.2. The van der Waals surface area contributed by atoms with E-state index in [0.29, 0.717) is 6.42 Å². The van der Waals surface area contributed by atoms with E-state index in [9.17, 15) is 15.0 Å². The second-order valence-corrected chi connectivity index (χ2v) is 8.41. The average molecular weight is 412 g/mol. The highest BCUT2D eigenvalue weighted by Crippen LogP contribution is 2.13. The van der Waals surface area contributed by atoms with Crippen LogP contribution < -0.4 is 5.32 Å². The molecule has 0 heterocycles. The van der Waals surface area contributed by atoms with E-state index in [1.54, 1.807) is 6.08 Å². The van der Waals surface area contributed by atoms with Crippen LogP contribution >= 0.6 is 0 Å². The van der Waals surface area contributed by atoms with Gasteiger partial charge in [-0.1, -0.05) is 109 Å². The zero-order chi connectivity index (χ0) is 21.6. The molecule has 1 amide bonds. The maximum Gasteiger partial charge on any atom is 0.220 e. The van der Waals surface area contributed by atoms with E-state index in [1.807, 2.05) is 13.0 Å². The molecule has 0 fully saturated rings. The van der Waals surface area contributed by atoms with E-state index in [0.717, 1.165) is 19.3 Å². The van der Waals surface area contributed by atoms with Crippen molar-refractivity contribution in [2.75, 3.05) is 6.61 Å². The minimum atomic E-state index is -0.826. The monoisotopic (exact) mass is 411 g/mol. The van der Waals surface area contributed by atoms with Gasteiger partial charge in [0.15, 0.2) is 0 Å². The molecule has 0 aromatic carbocycles. The van der Waals surface area contributed by atoms with Gasteiger partial charge in [0.25, 0.3) is 0 Å². The van der Waals surface area contributed by atoms with Crippen LogP contribution in [-0.2, 0) is 4.79 Å². The van der Waals surface area contributed by atoms with Crippen LogP contribution in [0.15, 0.2) is 12.2 Å². The van der Waals surface area contributed by atoms with Gasteiger partial charge in [-0.05, 0) is 19.3 Å². The molecule has 0 aliphatic rings. The fraction of sp³-hybridized carbons (Fsp3) is 0.880. The van der Waals surface area contributed by atoms with E-state index < -0.39 is 12.1 Å². The molecule has 4 heteroatoms. The van der Waals surface area contributed by atoms with Crippen LogP contribution in [0.5, 0.6) is 0 Å². The lowest BCUT2D eigenvalue weighted by atomic mass is 10.0. The van der Waals surface area contributed by atoms with Gasteiger partial charge in [0.1, 0.15) is 0 Å². The second-order valence-electron chi connectivity index (χ2n) is 8.41. The summed E-state index contributed by atoms with van der Waals surface area (Å²) in [6.45, 7) is 3.95. The molecule has 2 atom stereocenters.